The summed E-state index contributed by atoms with van der Waals surface area (Å²) in [5.74, 6) is -1.61. The van der Waals surface area contributed by atoms with Crippen molar-refractivity contribution in [3.8, 4) is 0 Å². The van der Waals surface area contributed by atoms with Crippen LogP contribution >= 0.6 is 11.6 Å². The zero-order valence-electron chi connectivity index (χ0n) is 11.5. The van der Waals surface area contributed by atoms with Crippen LogP contribution in [0, 0.1) is 0 Å². The standard InChI is InChI=1S/C14H11ClF3N3O2/c15-10-11(13(22)23)20-21-9(14(16,17)18)6-8(19-12(10)21)7-4-2-1-3-5-7/h1-5,8-9,19H,6H2,(H,22,23)/t8-,9-/m1/s1. The molecule has 1 aromatic heterocycles. The van der Waals surface area contributed by atoms with E-state index in [0.29, 0.717) is 10.2 Å². The highest BCUT2D eigenvalue weighted by atomic mass is 35.5. The third kappa shape index (κ3) is 2.74. The number of halogens is 4. The minimum atomic E-state index is -4.57. The van der Waals surface area contributed by atoms with E-state index in [0.717, 1.165) is 0 Å². The fourth-order valence-corrected chi connectivity index (χ4v) is 2.89. The molecule has 122 valence electrons. The molecule has 3 rings (SSSR count). The van der Waals surface area contributed by atoms with Crippen molar-refractivity contribution in [1.82, 2.24) is 9.78 Å². The second kappa shape index (κ2) is 5.45. The Morgan fingerprint density at radius 1 is 1.35 bits per heavy atom. The second-order valence-electron chi connectivity index (χ2n) is 5.16. The molecule has 0 spiro atoms. The van der Waals surface area contributed by atoms with Crippen LogP contribution < -0.4 is 5.32 Å². The number of nitrogens with one attached hydrogen (secondary N) is 1. The number of benzene rings is 1. The number of hydrogen-bond acceptors (Lipinski definition) is 3. The summed E-state index contributed by atoms with van der Waals surface area (Å²) in [4.78, 5) is 11.1. The minimum absolute atomic E-state index is 0.133. The van der Waals surface area contributed by atoms with Crippen LogP contribution in [0.15, 0.2) is 30.3 Å². The SMILES string of the molecule is O=C(O)c1nn2c(c1Cl)N[C@@H](c1ccccc1)C[C@@H]2C(F)(F)F. The number of aromatic carboxylic acids is 1. The van der Waals surface area contributed by atoms with E-state index in [4.69, 9.17) is 16.7 Å². The average Bonchev–Trinajstić information content (AvgIpc) is 2.84. The number of rotatable bonds is 2. The van der Waals surface area contributed by atoms with E-state index in [-0.39, 0.29) is 17.3 Å². The molecule has 9 heteroatoms. The molecule has 0 fully saturated rings. The van der Waals surface area contributed by atoms with Crippen LogP contribution in [0.3, 0.4) is 0 Å². The van der Waals surface area contributed by atoms with Crippen molar-refractivity contribution in [1.29, 1.82) is 0 Å². The van der Waals surface area contributed by atoms with E-state index in [1.165, 1.54) is 0 Å². The van der Waals surface area contributed by atoms with E-state index in [1.54, 1.807) is 30.3 Å². The highest BCUT2D eigenvalue weighted by Crippen LogP contribution is 2.46. The molecule has 0 amide bonds. The number of alkyl halides is 3. The van der Waals surface area contributed by atoms with Crippen LogP contribution in [0.1, 0.15) is 34.6 Å². The van der Waals surface area contributed by atoms with Crippen LogP contribution in [0.25, 0.3) is 0 Å². The Hall–Kier alpha value is -2.22. The van der Waals surface area contributed by atoms with Crippen LogP contribution in [-0.2, 0) is 0 Å². The molecule has 0 radical (unpaired) electrons. The molecule has 1 aliphatic rings. The smallest absolute Gasteiger partial charge is 0.410 e. The minimum Gasteiger partial charge on any atom is -0.476 e. The number of carbonyl (C=O) groups is 1. The molecule has 2 heterocycles. The Morgan fingerprint density at radius 3 is 2.57 bits per heavy atom. The van der Waals surface area contributed by atoms with Gasteiger partial charge in [0.15, 0.2) is 11.7 Å². The molecule has 2 N–H and O–H groups in total. The van der Waals surface area contributed by atoms with E-state index < -0.39 is 29.9 Å². The van der Waals surface area contributed by atoms with Gasteiger partial charge in [0.2, 0.25) is 0 Å². The van der Waals surface area contributed by atoms with Gasteiger partial charge >= 0.3 is 12.1 Å². The highest BCUT2D eigenvalue weighted by Gasteiger charge is 2.47. The van der Waals surface area contributed by atoms with Gasteiger partial charge in [-0.3, -0.25) is 0 Å². The fourth-order valence-electron chi connectivity index (χ4n) is 2.63. The topological polar surface area (TPSA) is 67.1 Å². The zero-order chi connectivity index (χ0) is 16.8. The van der Waals surface area contributed by atoms with Crippen molar-refractivity contribution in [3.05, 3.63) is 46.6 Å². The summed E-state index contributed by atoms with van der Waals surface area (Å²) in [6.45, 7) is 0. The largest absolute Gasteiger partial charge is 0.476 e. The van der Waals surface area contributed by atoms with E-state index >= 15 is 0 Å². The molecule has 1 aromatic carbocycles. The summed E-state index contributed by atoms with van der Waals surface area (Å²) in [5.41, 5.74) is 0.0549. The van der Waals surface area contributed by atoms with Crippen LogP contribution in [0.4, 0.5) is 19.0 Å². The first-order valence-electron chi connectivity index (χ1n) is 6.68. The first-order chi connectivity index (χ1) is 10.8. The number of fused-ring (bicyclic) bond motifs is 1. The van der Waals surface area contributed by atoms with Gasteiger partial charge in [0, 0.05) is 6.42 Å². The highest BCUT2D eigenvalue weighted by molar-refractivity contribution is 6.35. The number of carboxylic acid groups (broad SMARTS) is 1. The monoisotopic (exact) mass is 345 g/mol. The summed E-state index contributed by atoms with van der Waals surface area (Å²) in [6, 6.07) is 5.99. The maximum absolute atomic E-state index is 13.4. The van der Waals surface area contributed by atoms with Gasteiger partial charge < -0.3 is 10.4 Å². The summed E-state index contributed by atoms with van der Waals surface area (Å²) in [7, 11) is 0. The van der Waals surface area contributed by atoms with Crippen molar-refractivity contribution in [3.63, 3.8) is 0 Å². The van der Waals surface area contributed by atoms with Crippen LogP contribution in [-0.4, -0.2) is 27.0 Å². The van der Waals surface area contributed by atoms with Crippen LogP contribution in [0.2, 0.25) is 5.02 Å². The lowest BCUT2D eigenvalue weighted by molar-refractivity contribution is -0.173. The van der Waals surface area contributed by atoms with Crippen molar-refractivity contribution >= 4 is 23.4 Å². The normalized spacial score (nSPS) is 20.7. The first kappa shape index (κ1) is 15.7. The maximum Gasteiger partial charge on any atom is 0.410 e. The van der Waals surface area contributed by atoms with E-state index in [2.05, 4.69) is 10.4 Å². The Kier molecular flexibility index (Phi) is 3.71. The lowest BCUT2D eigenvalue weighted by Crippen LogP contribution is -2.35. The van der Waals surface area contributed by atoms with Crippen molar-refractivity contribution in [2.45, 2.75) is 24.7 Å². The van der Waals surface area contributed by atoms with E-state index in [1.807, 2.05) is 0 Å². The zero-order valence-corrected chi connectivity index (χ0v) is 12.3. The van der Waals surface area contributed by atoms with Gasteiger partial charge in [0.1, 0.15) is 10.8 Å². The molecule has 23 heavy (non-hydrogen) atoms. The van der Waals surface area contributed by atoms with Crippen LogP contribution in [0.5, 0.6) is 0 Å². The molecule has 2 aromatic rings. The molecule has 0 saturated carbocycles. The number of aromatic nitrogens is 2. The summed E-state index contributed by atoms with van der Waals surface area (Å²) < 4.78 is 40.7. The van der Waals surface area contributed by atoms with E-state index in [9.17, 15) is 18.0 Å². The fraction of sp³-hybridized carbons (Fsp3) is 0.286. The third-order valence-corrected chi connectivity index (χ3v) is 4.06. The Labute approximate surface area is 133 Å². The summed E-state index contributed by atoms with van der Waals surface area (Å²) >= 11 is 5.91. The number of nitrogens with zero attached hydrogens (tertiary/aromatic N) is 2. The van der Waals surface area contributed by atoms with Crippen molar-refractivity contribution in [2.24, 2.45) is 0 Å². The number of hydrogen-bond donors (Lipinski definition) is 2. The number of anilines is 1. The quantitative estimate of drug-likeness (QED) is 0.866. The molecule has 0 saturated heterocycles. The van der Waals surface area contributed by atoms with Gasteiger partial charge in [0.25, 0.3) is 0 Å². The lowest BCUT2D eigenvalue weighted by atomic mass is 9.97. The molecule has 2 atom stereocenters. The molecule has 0 unspecified atom stereocenters. The van der Waals surface area contributed by atoms with Gasteiger partial charge in [-0.25, -0.2) is 9.48 Å². The predicted octanol–water partition coefficient (Wildman–Crippen LogP) is 3.90. The summed E-state index contributed by atoms with van der Waals surface area (Å²) in [6.07, 6.45) is -4.88. The molecular formula is C14H11ClF3N3O2. The number of carboxylic acids is 1. The Bertz CT molecular complexity index is 746. The maximum atomic E-state index is 13.4. The Balaban J connectivity index is 2.10. The van der Waals surface area contributed by atoms with Gasteiger partial charge in [-0.05, 0) is 5.56 Å². The van der Waals surface area contributed by atoms with Gasteiger partial charge in [-0.15, -0.1) is 0 Å². The Morgan fingerprint density at radius 2 is 2.00 bits per heavy atom. The predicted molar refractivity (Wildman–Crippen MR) is 76.7 cm³/mol. The van der Waals surface area contributed by atoms with Gasteiger partial charge in [-0.1, -0.05) is 41.9 Å². The lowest BCUT2D eigenvalue weighted by Gasteiger charge is -2.33. The van der Waals surface area contributed by atoms with Gasteiger partial charge in [0.05, 0.1) is 6.04 Å². The second-order valence-corrected chi connectivity index (χ2v) is 5.54. The first-order valence-corrected chi connectivity index (χ1v) is 7.06. The molecule has 1 aliphatic heterocycles. The molecule has 0 aliphatic carbocycles. The van der Waals surface area contributed by atoms with Crippen molar-refractivity contribution < 1.29 is 23.1 Å². The average molecular weight is 346 g/mol. The summed E-state index contributed by atoms with van der Waals surface area (Å²) in [5, 5.41) is 15.1. The molecule has 0 bridgehead atoms. The third-order valence-electron chi connectivity index (χ3n) is 3.70. The van der Waals surface area contributed by atoms with Gasteiger partial charge in [-0.2, -0.15) is 18.3 Å². The molecular weight excluding hydrogens is 335 g/mol. The molecule has 5 nitrogen and oxygen atoms in total. The van der Waals surface area contributed by atoms with Crippen molar-refractivity contribution in [2.75, 3.05) is 5.32 Å².